The van der Waals surface area contributed by atoms with E-state index in [1.807, 2.05) is 54.0 Å². The van der Waals surface area contributed by atoms with Crippen molar-refractivity contribution in [1.82, 2.24) is 19.8 Å². The minimum Gasteiger partial charge on any atom is -0.396 e. The van der Waals surface area contributed by atoms with Crippen LogP contribution in [0.1, 0.15) is 43.3 Å². The number of fused-ring (bicyclic) bond motifs is 3. The van der Waals surface area contributed by atoms with Crippen LogP contribution in [-0.4, -0.2) is 44.7 Å². The maximum Gasteiger partial charge on any atom is 0.258 e. The summed E-state index contributed by atoms with van der Waals surface area (Å²) in [5.41, 5.74) is 2.40. The number of carbonyl (C=O) groups excluding carboxylic acids is 1. The van der Waals surface area contributed by atoms with E-state index in [0.717, 1.165) is 24.4 Å². The number of allylic oxidation sites excluding steroid dienone is 1. The zero-order valence-electron chi connectivity index (χ0n) is 18.1. The van der Waals surface area contributed by atoms with Gasteiger partial charge in [0, 0.05) is 42.4 Å². The fourth-order valence-corrected chi connectivity index (χ4v) is 5.23. The summed E-state index contributed by atoms with van der Waals surface area (Å²) in [6, 6.07) is 9.01. The molecule has 4 atom stereocenters. The molecule has 0 aromatic carbocycles. The minimum atomic E-state index is -0.428. The summed E-state index contributed by atoms with van der Waals surface area (Å²) in [5.74, 6) is -0.299. The van der Waals surface area contributed by atoms with Gasteiger partial charge in [0.2, 0.25) is 5.91 Å². The summed E-state index contributed by atoms with van der Waals surface area (Å²) >= 11 is 0. The van der Waals surface area contributed by atoms with Crippen molar-refractivity contribution in [2.45, 2.75) is 45.4 Å². The van der Waals surface area contributed by atoms with Crippen molar-refractivity contribution in [3.8, 4) is 0 Å². The van der Waals surface area contributed by atoms with E-state index in [-0.39, 0.29) is 36.0 Å². The van der Waals surface area contributed by atoms with Crippen molar-refractivity contribution in [3.05, 3.63) is 69.9 Å². The third-order valence-electron chi connectivity index (χ3n) is 6.49. The largest absolute Gasteiger partial charge is 0.396 e. The van der Waals surface area contributed by atoms with Crippen LogP contribution in [0.15, 0.2) is 47.4 Å². The van der Waals surface area contributed by atoms with Gasteiger partial charge >= 0.3 is 0 Å². The molecule has 2 aliphatic heterocycles. The lowest BCUT2D eigenvalue weighted by atomic mass is 9.88. The van der Waals surface area contributed by atoms with Gasteiger partial charge in [-0.05, 0) is 44.2 Å². The molecule has 2 N–H and O–H groups in total. The van der Waals surface area contributed by atoms with E-state index >= 15 is 0 Å². The Balaban J connectivity index is 1.64. The summed E-state index contributed by atoms with van der Waals surface area (Å²) < 4.78 is 1.83. The van der Waals surface area contributed by atoms with Crippen LogP contribution in [0.5, 0.6) is 0 Å². The molecule has 1 amide bonds. The van der Waals surface area contributed by atoms with Gasteiger partial charge < -0.3 is 15.0 Å². The summed E-state index contributed by atoms with van der Waals surface area (Å²) in [5, 5.41) is 13.3. The predicted molar refractivity (Wildman–Crippen MR) is 119 cm³/mol. The molecule has 7 heteroatoms. The number of nitrogens with zero attached hydrogens (tertiary/aromatic N) is 3. The number of rotatable bonds is 7. The van der Waals surface area contributed by atoms with E-state index in [2.05, 4.69) is 22.1 Å². The normalized spacial score (nSPS) is 25.0. The van der Waals surface area contributed by atoms with Crippen LogP contribution in [0.4, 0.5) is 0 Å². The predicted octanol–water partition coefficient (Wildman–Crippen LogP) is 1.97. The van der Waals surface area contributed by atoms with Crippen molar-refractivity contribution < 1.29 is 9.90 Å². The number of aromatic nitrogens is 2. The molecule has 4 rings (SSSR count). The first-order chi connectivity index (χ1) is 15.1. The molecule has 2 aromatic heterocycles. The van der Waals surface area contributed by atoms with Crippen molar-refractivity contribution >= 4 is 12.0 Å². The number of pyridine rings is 2. The van der Waals surface area contributed by atoms with E-state index < -0.39 is 6.04 Å². The number of carbonyl (C=O) groups is 1. The lowest BCUT2D eigenvalue weighted by molar-refractivity contribution is -0.128. The maximum atomic E-state index is 13.3. The van der Waals surface area contributed by atoms with Crippen LogP contribution in [0.25, 0.3) is 6.08 Å². The number of hydrogen-bond acceptors (Lipinski definition) is 5. The van der Waals surface area contributed by atoms with Gasteiger partial charge in [0.05, 0.1) is 24.3 Å². The van der Waals surface area contributed by atoms with Gasteiger partial charge in [0.25, 0.3) is 5.56 Å². The Morgan fingerprint density at radius 1 is 1.32 bits per heavy atom. The van der Waals surface area contributed by atoms with E-state index in [4.69, 9.17) is 0 Å². The molecule has 2 aromatic rings. The minimum absolute atomic E-state index is 0.00529. The number of aliphatic hydroxyl groups excluding tert-OH is 1. The Morgan fingerprint density at radius 3 is 2.84 bits per heavy atom. The second kappa shape index (κ2) is 9.16. The van der Waals surface area contributed by atoms with Crippen LogP contribution < -0.4 is 10.9 Å². The summed E-state index contributed by atoms with van der Waals surface area (Å²) in [6.07, 6.45) is 6.27. The highest BCUT2D eigenvalue weighted by molar-refractivity contribution is 5.82. The molecule has 0 spiro atoms. The molecule has 0 aliphatic carbocycles. The molecular weight excluding hydrogens is 392 g/mol. The van der Waals surface area contributed by atoms with Gasteiger partial charge in [0.15, 0.2) is 0 Å². The maximum absolute atomic E-state index is 13.3. The van der Waals surface area contributed by atoms with Gasteiger partial charge in [0.1, 0.15) is 0 Å². The SMILES string of the molecule is C/C=C\c1ccc2n(c1=O)C[C@@H]1[C@@H](CO)[C@H](C(=O)NCc3ccccn3)N(CCC)[C@H]21. The molecule has 7 nitrogen and oxygen atoms in total. The third kappa shape index (κ3) is 3.83. The molecular formula is C24H30N4O3. The average Bonchev–Trinajstić information content (AvgIpc) is 3.30. The average molecular weight is 423 g/mol. The second-order valence-electron chi connectivity index (χ2n) is 8.31. The lowest BCUT2D eigenvalue weighted by Crippen LogP contribution is -2.48. The van der Waals surface area contributed by atoms with Crippen LogP contribution in [0, 0.1) is 11.8 Å². The van der Waals surface area contributed by atoms with Crippen molar-refractivity contribution in [1.29, 1.82) is 0 Å². The summed E-state index contributed by atoms with van der Waals surface area (Å²) in [6.45, 7) is 5.50. The number of nitrogens with one attached hydrogen (secondary N) is 1. The first-order valence-electron chi connectivity index (χ1n) is 11.0. The Morgan fingerprint density at radius 2 is 2.16 bits per heavy atom. The number of likely N-dealkylation sites (tertiary alicyclic amines) is 1. The molecule has 31 heavy (non-hydrogen) atoms. The van der Waals surface area contributed by atoms with Gasteiger partial charge in [-0.3, -0.25) is 19.5 Å². The third-order valence-corrected chi connectivity index (χ3v) is 6.49. The summed E-state index contributed by atoms with van der Waals surface area (Å²) in [7, 11) is 0. The molecule has 0 bridgehead atoms. The van der Waals surface area contributed by atoms with Gasteiger partial charge in [-0.2, -0.15) is 0 Å². The first kappa shape index (κ1) is 21.5. The van der Waals surface area contributed by atoms with Crippen LogP contribution in [0.3, 0.4) is 0 Å². The highest BCUT2D eigenvalue weighted by atomic mass is 16.3. The van der Waals surface area contributed by atoms with Gasteiger partial charge in [-0.25, -0.2) is 0 Å². The molecule has 1 fully saturated rings. The fourth-order valence-electron chi connectivity index (χ4n) is 5.23. The van der Waals surface area contributed by atoms with Crippen molar-refractivity contribution in [3.63, 3.8) is 0 Å². The van der Waals surface area contributed by atoms with Crippen molar-refractivity contribution in [2.75, 3.05) is 13.2 Å². The van der Waals surface area contributed by atoms with E-state index in [9.17, 15) is 14.7 Å². The first-order valence-corrected chi connectivity index (χ1v) is 11.0. The van der Waals surface area contributed by atoms with E-state index in [0.29, 0.717) is 18.7 Å². The quantitative estimate of drug-likeness (QED) is 0.712. The molecule has 4 heterocycles. The Bertz CT molecular complexity index is 1020. The molecule has 0 radical (unpaired) electrons. The Labute approximate surface area is 182 Å². The zero-order chi connectivity index (χ0) is 22.0. The van der Waals surface area contributed by atoms with Crippen LogP contribution >= 0.6 is 0 Å². The smallest absolute Gasteiger partial charge is 0.258 e. The van der Waals surface area contributed by atoms with Crippen molar-refractivity contribution in [2.24, 2.45) is 11.8 Å². The Hall–Kier alpha value is -2.77. The molecule has 1 saturated heterocycles. The highest BCUT2D eigenvalue weighted by Crippen LogP contribution is 2.49. The lowest BCUT2D eigenvalue weighted by Gasteiger charge is -2.30. The Kier molecular flexibility index (Phi) is 6.34. The van der Waals surface area contributed by atoms with Gasteiger partial charge in [-0.15, -0.1) is 0 Å². The molecule has 0 unspecified atom stereocenters. The zero-order valence-corrected chi connectivity index (χ0v) is 18.1. The molecule has 2 aliphatic rings. The van der Waals surface area contributed by atoms with Crippen LogP contribution in [-0.2, 0) is 17.9 Å². The molecule has 0 saturated carbocycles. The van der Waals surface area contributed by atoms with E-state index in [1.54, 1.807) is 6.20 Å². The van der Waals surface area contributed by atoms with Crippen LogP contribution in [0.2, 0.25) is 0 Å². The highest BCUT2D eigenvalue weighted by Gasteiger charge is 2.55. The van der Waals surface area contributed by atoms with E-state index in [1.165, 1.54) is 0 Å². The number of amides is 1. The summed E-state index contributed by atoms with van der Waals surface area (Å²) in [4.78, 5) is 32.7. The number of hydrogen-bond donors (Lipinski definition) is 2. The second-order valence-corrected chi connectivity index (χ2v) is 8.31. The monoisotopic (exact) mass is 422 g/mol. The van der Waals surface area contributed by atoms with Gasteiger partial charge in [-0.1, -0.05) is 25.1 Å². The standard InChI is InChI=1S/C24H30N4O3/c1-3-7-16-9-10-20-21-18(14-28(20)24(16)31)19(15-29)22(27(21)12-4-2)23(30)26-13-17-8-5-6-11-25-17/h3,5-11,18-19,21-22,29H,4,12-15H2,1-2H3,(H,26,30)/b7-3-/t18-,19-,21+,22-/m1/s1. The molecule has 164 valence electrons. The number of aliphatic hydroxyl groups is 1. The fraction of sp³-hybridized carbons (Fsp3) is 0.458. The topological polar surface area (TPSA) is 87.5 Å².